The summed E-state index contributed by atoms with van der Waals surface area (Å²) in [6.45, 7) is 0. The lowest BCUT2D eigenvalue weighted by Gasteiger charge is -2.10. The topological polar surface area (TPSA) is 23.0 Å². The van der Waals surface area contributed by atoms with Crippen LogP contribution in [-0.2, 0) is 0 Å². The quantitative estimate of drug-likeness (QED) is 0.185. The van der Waals surface area contributed by atoms with Gasteiger partial charge in [0, 0.05) is 43.7 Å². The monoisotopic (exact) mass is 657 g/mol. The fourth-order valence-corrected chi connectivity index (χ4v) is 7.61. The van der Waals surface area contributed by atoms with Crippen molar-refractivity contribution < 1.29 is 14.0 Å². The maximum absolute atomic E-state index is 9.79. The third kappa shape index (κ3) is 4.25. The predicted octanol–water partition coefficient (Wildman–Crippen LogP) is 13.1. The summed E-state index contributed by atoms with van der Waals surface area (Å²) in [5, 5.41) is 3.90. The van der Waals surface area contributed by atoms with E-state index in [4.69, 9.17) is 9.90 Å². The normalized spacial score (nSPS) is 13.8. The van der Waals surface area contributed by atoms with Crippen molar-refractivity contribution in [2.45, 2.75) is 0 Å². The second kappa shape index (κ2) is 10.8. The Labute approximate surface area is 303 Å². The van der Waals surface area contributed by atoms with E-state index in [-0.39, 0.29) is 57.6 Å². The number of hydrogen-bond donors (Lipinski definition) is 0. The summed E-state index contributed by atoms with van der Waals surface area (Å²) in [7, 11) is 0. The summed E-state index contributed by atoms with van der Waals surface area (Å²) in [4.78, 5) is 0. The molecule has 11 rings (SSSR count). The Bertz CT molecular complexity index is 3530. The van der Waals surface area contributed by atoms with Gasteiger partial charge >= 0.3 is 0 Å². The largest absolute Gasteiger partial charge is 0.456 e. The minimum absolute atomic E-state index is 0.0841. The first-order valence-corrected chi connectivity index (χ1v) is 16.9. The molecule has 0 aliphatic heterocycles. The van der Waals surface area contributed by atoms with E-state index < -0.39 is 12.1 Å². The first kappa shape index (κ1) is 22.0. The number of fused-ring (bicyclic) bond motifs is 9. The van der Waals surface area contributed by atoms with Crippen LogP contribution in [0.3, 0.4) is 0 Å². The van der Waals surface area contributed by atoms with Crippen molar-refractivity contribution in [2.24, 2.45) is 0 Å². The molecule has 0 fully saturated rings. The van der Waals surface area contributed by atoms with E-state index in [1.807, 2.05) is 78.9 Å². The molecule has 0 atom stereocenters. The van der Waals surface area contributed by atoms with Crippen LogP contribution in [0, 0.1) is 0 Å². The molecule has 3 heterocycles. The number of nitrogens with zero attached hydrogens (tertiary/aromatic N) is 2. The number of furan rings is 1. The van der Waals surface area contributed by atoms with E-state index in [1.54, 1.807) is 16.7 Å². The molecule has 0 bridgehead atoms. The zero-order chi connectivity index (χ0) is 39.6. The molecule has 0 saturated carbocycles. The zero-order valence-electron chi connectivity index (χ0n) is 34.1. The Morgan fingerprint density at radius 3 is 1.94 bits per heavy atom. The smallest absolute Gasteiger partial charge is 0.135 e. The molecular weight excluding hydrogens is 621 g/mol. The molecule has 238 valence electrons. The van der Waals surface area contributed by atoms with Gasteiger partial charge in [-0.15, -0.1) is 0 Å². The Morgan fingerprint density at radius 2 is 1.04 bits per heavy atom. The highest BCUT2D eigenvalue weighted by Crippen LogP contribution is 2.39. The lowest BCUT2D eigenvalue weighted by molar-refractivity contribution is 0.669. The fraction of sp³-hybridized carbons (Fsp3) is 0. The number of benzene rings is 8. The van der Waals surface area contributed by atoms with Gasteiger partial charge in [-0.1, -0.05) is 109 Å². The Hall–Kier alpha value is -6.84. The van der Waals surface area contributed by atoms with Gasteiger partial charge in [-0.3, -0.25) is 0 Å². The van der Waals surface area contributed by atoms with Gasteiger partial charge in [0.2, 0.25) is 0 Å². The van der Waals surface area contributed by atoms with Crippen LogP contribution in [0.2, 0.25) is 0 Å². The highest BCUT2D eigenvalue weighted by molar-refractivity contribution is 6.13. The van der Waals surface area contributed by atoms with Crippen molar-refractivity contribution in [3.05, 3.63) is 182 Å². The molecule has 0 aliphatic carbocycles. The maximum Gasteiger partial charge on any atom is 0.135 e. The molecule has 3 heteroatoms. The van der Waals surface area contributed by atoms with Crippen molar-refractivity contribution in [1.29, 1.82) is 0 Å². The SMILES string of the molecule is [2H]c1c([2H])c([2H])c2c(c1[2H])c1c([2H])c(-c3ccc4c(c3)c3ccccc3n4-c3ccc(-c4ccccc4)cc3)c([2H])c([2H])c1n2-c1ccc2oc3ccccc3c2c1. The maximum atomic E-state index is 9.79. The van der Waals surface area contributed by atoms with Crippen LogP contribution in [0.5, 0.6) is 0 Å². The average molecular weight is 658 g/mol. The number of aromatic nitrogens is 2. The molecule has 0 aliphatic rings. The van der Waals surface area contributed by atoms with E-state index >= 15 is 0 Å². The molecule has 11 aromatic rings. The second-order valence-corrected chi connectivity index (χ2v) is 12.8. The van der Waals surface area contributed by atoms with Crippen LogP contribution >= 0.6 is 0 Å². The molecule has 3 aromatic heterocycles. The van der Waals surface area contributed by atoms with Gasteiger partial charge < -0.3 is 13.6 Å². The van der Waals surface area contributed by atoms with E-state index in [2.05, 4.69) is 53.1 Å². The highest BCUT2D eigenvalue weighted by Gasteiger charge is 2.17. The molecule has 51 heavy (non-hydrogen) atoms. The van der Waals surface area contributed by atoms with Gasteiger partial charge in [0.1, 0.15) is 11.2 Å². The van der Waals surface area contributed by atoms with Gasteiger partial charge in [0.05, 0.1) is 31.7 Å². The molecular formula is C48H30N2O. The summed E-state index contributed by atoms with van der Waals surface area (Å²) in [5.74, 6) is 0. The first-order chi connectivity index (χ1) is 28.2. The molecule has 0 N–H and O–H groups in total. The van der Waals surface area contributed by atoms with Crippen LogP contribution in [0.15, 0.2) is 186 Å². The van der Waals surface area contributed by atoms with Crippen LogP contribution < -0.4 is 0 Å². The molecule has 0 spiro atoms. The summed E-state index contributed by atoms with van der Waals surface area (Å²) in [5.41, 5.74) is 8.13. The van der Waals surface area contributed by atoms with E-state index in [9.17, 15) is 4.11 Å². The van der Waals surface area contributed by atoms with E-state index in [0.29, 0.717) is 22.4 Å². The third-order valence-corrected chi connectivity index (χ3v) is 9.97. The number of rotatable bonds is 4. The van der Waals surface area contributed by atoms with E-state index in [0.717, 1.165) is 49.4 Å². The average Bonchev–Trinajstić information content (AvgIpc) is 3.93. The summed E-state index contributed by atoms with van der Waals surface area (Å²) >= 11 is 0. The molecule has 0 radical (unpaired) electrons. The van der Waals surface area contributed by atoms with Gasteiger partial charge in [0.25, 0.3) is 0 Å². The van der Waals surface area contributed by atoms with Crippen molar-refractivity contribution >= 4 is 65.6 Å². The van der Waals surface area contributed by atoms with Crippen LogP contribution in [-0.4, -0.2) is 9.13 Å². The van der Waals surface area contributed by atoms with Crippen LogP contribution in [0.1, 0.15) is 9.60 Å². The predicted molar refractivity (Wildman–Crippen MR) is 213 cm³/mol. The highest BCUT2D eigenvalue weighted by atomic mass is 16.3. The Morgan fingerprint density at radius 1 is 0.373 bits per heavy atom. The minimum atomic E-state index is -0.429. The molecule has 3 nitrogen and oxygen atoms in total. The van der Waals surface area contributed by atoms with Crippen molar-refractivity contribution in [3.63, 3.8) is 0 Å². The summed E-state index contributed by atoms with van der Waals surface area (Å²) in [6, 6.07) is 43.9. The Balaban J connectivity index is 1.16. The standard InChI is InChI=1S/C48H30N2O/c1-2-10-31(11-3-1)32-18-22-35(23-19-32)49-43-15-7-4-12-37(43)40-28-33(20-25-45(40)49)34-21-26-46-41(29-34)38-13-5-8-16-44(38)50(46)36-24-27-48-42(30-36)39-14-6-9-17-47(39)51-48/h1-30H/i5D,8D,13D,16D,21D,26D,29D. The van der Waals surface area contributed by atoms with Gasteiger partial charge in [-0.25, -0.2) is 0 Å². The van der Waals surface area contributed by atoms with Gasteiger partial charge in [0.15, 0.2) is 0 Å². The second-order valence-electron chi connectivity index (χ2n) is 12.8. The fourth-order valence-electron chi connectivity index (χ4n) is 7.61. The first-order valence-electron chi connectivity index (χ1n) is 20.4. The molecule has 0 saturated heterocycles. The summed E-state index contributed by atoms with van der Waals surface area (Å²) in [6.07, 6.45) is 0. The lowest BCUT2D eigenvalue weighted by Crippen LogP contribution is -1.94. The van der Waals surface area contributed by atoms with Gasteiger partial charge in [-0.2, -0.15) is 0 Å². The summed E-state index contributed by atoms with van der Waals surface area (Å²) < 4.78 is 74.3. The van der Waals surface area contributed by atoms with Crippen LogP contribution in [0.25, 0.3) is 99.2 Å². The minimum Gasteiger partial charge on any atom is -0.456 e. The van der Waals surface area contributed by atoms with Gasteiger partial charge in [-0.05, 0) is 95.0 Å². The van der Waals surface area contributed by atoms with Crippen LogP contribution in [0.4, 0.5) is 0 Å². The van der Waals surface area contributed by atoms with Crippen molar-refractivity contribution in [3.8, 4) is 33.6 Å². The van der Waals surface area contributed by atoms with Crippen molar-refractivity contribution in [2.75, 3.05) is 0 Å². The Kier molecular flexibility index (Phi) is 4.67. The molecule has 0 unspecified atom stereocenters. The number of hydrogen-bond acceptors (Lipinski definition) is 1. The molecule has 8 aromatic carbocycles. The molecule has 0 amide bonds. The number of para-hydroxylation sites is 3. The van der Waals surface area contributed by atoms with E-state index in [1.165, 1.54) is 0 Å². The lowest BCUT2D eigenvalue weighted by atomic mass is 10.0. The zero-order valence-corrected chi connectivity index (χ0v) is 27.1. The van der Waals surface area contributed by atoms with Crippen molar-refractivity contribution in [1.82, 2.24) is 9.13 Å². The third-order valence-electron chi connectivity index (χ3n) is 9.97.